The first-order valence-corrected chi connectivity index (χ1v) is 10.5. The highest BCUT2D eigenvalue weighted by atomic mass is 19.1. The van der Waals surface area contributed by atoms with Crippen molar-refractivity contribution in [3.05, 3.63) is 45.9 Å². The Hall–Kier alpha value is -2.64. The van der Waals surface area contributed by atoms with Gasteiger partial charge in [0.1, 0.15) is 12.4 Å². The van der Waals surface area contributed by atoms with Crippen molar-refractivity contribution in [3.8, 4) is 11.6 Å². The van der Waals surface area contributed by atoms with Crippen LogP contribution in [0.1, 0.15) is 51.0 Å². The number of aromatic nitrogens is 2. The van der Waals surface area contributed by atoms with Crippen LogP contribution in [0.5, 0.6) is 11.6 Å². The summed E-state index contributed by atoms with van der Waals surface area (Å²) in [5.41, 5.74) is -0.0859. The summed E-state index contributed by atoms with van der Waals surface area (Å²) in [6, 6.07) is 4.39. The second-order valence-corrected chi connectivity index (χ2v) is 8.19. The van der Waals surface area contributed by atoms with E-state index in [1.807, 2.05) is 11.9 Å². The van der Waals surface area contributed by atoms with Crippen molar-refractivity contribution in [2.45, 2.75) is 70.7 Å². The van der Waals surface area contributed by atoms with Crippen LogP contribution in [0.2, 0.25) is 0 Å². The van der Waals surface area contributed by atoms with E-state index in [1.54, 1.807) is 10.6 Å². The molecular weight excluding hydrogens is 392 g/mol. The molecule has 6 nitrogen and oxygen atoms in total. The van der Waals surface area contributed by atoms with E-state index in [0.717, 1.165) is 44.3 Å². The van der Waals surface area contributed by atoms with Crippen LogP contribution >= 0.6 is 0 Å². The van der Waals surface area contributed by atoms with E-state index in [1.165, 1.54) is 12.1 Å². The van der Waals surface area contributed by atoms with Crippen LogP contribution in [0, 0.1) is 11.6 Å². The number of hydrogen-bond acceptors (Lipinski definition) is 5. The third kappa shape index (κ3) is 4.27. The van der Waals surface area contributed by atoms with Gasteiger partial charge in [-0.1, -0.05) is 6.42 Å². The van der Waals surface area contributed by atoms with Crippen LogP contribution < -0.4 is 20.1 Å². The predicted octanol–water partition coefficient (Wildman–Crippen LogP) is 4.04. The minimum Gasteiger partial charge on any atom is -0.484 e. The van der Waals surface area contributed by atoms with Gasteiger partial charge in [-0.15, -0.1) is 0 Å². The minimum atomic E-state index is -0.744. The van der Waals surface area contributed by atoms with Gasteiger partial charge in [0.15, 0.2) is 17.4 Å². The van der Waals surface area contributed by atoms with Crippen molar-refractivity contribution < 1.29 is 18.3 Å². The molecule has 1 saturated carbocycles. The summed E-state index contributed by atoms with van der Waals surface area (Å²) >= 11 is 0. The molecule has 1 aromatic heterocycles. The van der Waals surface area contributed by atoms with Crippen LogP contribution in [0.25, 0.3) is 0 Å². The van der Waals surface area contributed by atoms with Crippen LogP contribution in [-0.4, -0.2) is 28.7 Å². The summed E-state index contributed by atoms with van der Waals surface area (Å²) in [4.78, 5) is 18.2. The van der Waals surface area contributed by atoms with E-state index in [4.69, 9.17) is 9.47 Å². The second kappa shape index (κ2) is 8.62. The third-order valence-electron chi connectivity index (χ3n) is 6.04. The normalized spacial score (nSPS) is 19.5. The van der Waals surface area contributed by atoms with Crippen LogP contribution in [0.15, 0.2) is 23.0 Å². The molecule has 1 aromatic carbocycles. The van der Waals surface area contributed by atoms with Crippen LogP contribution in [-0.2, 0) is 13.2 Å². The smallest absolute Gasteiger partial charge is 0.352 e. The zero-order valence-corrected chi connectivity index (χ0v) is 17.4. The average molecular weight is 419 g/mol. The van der Waals surface area contributed by atoms with Crippen molar-refractivity contribution in [1.29, 1.82) is 0 Å². The molecule has 8 heteroatoms. The van der Waals surface area contributed by atoms with Crippen LogP contribution in [0.4, 0.5) is 14.6 Å². The van der Waals surface area contributed by atoms with Gasteiger partial charge in [0.25, 0.3) is 0 Å². The monoisotopic (exact) mass is 419 g/mol. The molecule has 0 amide bonds. The molecule has 2 aromatic rings. The molecule has 1 aliphatic carbocycles. The Labute approximate surface area is 174 Å². The van der Waals surface area contributed by atoms with E-state index in [9.17, 15) is 13.6 Å². The lowest BCUT2D eigenvalue weighted by Crippen LogP contribution is -2.41. The maximum Gasteiger partial charge on any atom is 0.352 e. The fraction of sp³-hybridized carbons (Fsp3) is 0.545. The summed E-state index contributed by atoms with van der Waals surface area (Å²) in [5, 5.41) is 0. The lowest BCUT2D eigenvalue weighted by Gasteiger charge is -2.34. The van der Waals surface area contributed by atoms with Crippen molar-refractivity contribution in [2.75, 3.05) is 11.9 Å². The zero-order chi connectivity index (χ0) is 21.3. The molecule has 2 aliphatic rings. The molecule has 1 fully saturated rings. The molecule has 0 spiro atoms. The molecule has 0 unspecified atom stereocenters. The Morgan fingerprint density at radius 2 is 1.80 bits per heavy atom. The molecule has 0 bridgehead atoms. The minimum absolute atomic E-state index is 0.104. The highest BCUT2D eigenvalue weighted by Gasteiger charge is 2.23. The molecule has 4 rings (SSSR count). The molecule has 162 valence electrons. The lowest BCUT2D eigenvalue weighted by molar-refractivity contribution is 0.142. The lowest BCUT2D eigenvalue weighted by atomic mass is 9.98. The Kier molecular flexibility index (Phi) is 5.92. The molecular formula is C22H27F2N3O3. The molecule has 1 atom stereocenters. The Morgan fingerprint density at radius 1 is 1.10 bits per heavy atom. The Morgan fingerprint density at radius 3 is 2.50 bits per heavy atom. The quantitative estimate of drug-likeness (QED) is 0.732. The first-order valence-electron chi connectivity index (χ1n) is 10.5. The van der Waals surface area contributed by atoms with Gasteiger partial charge in [-0.25, -0.2) is 13.6 Å². The van der Waals surface area contributed by atoms with Gasteiger partial charge in [-0.2, -0.15) is 4.98 Å². The molecule has 0 saturated heterocycles. The summed E-state index contributed by atoms with van der Waals surface area (Å²) in [6.07, 6.45) is 5.52. The Bertz CT molecular complexity index is 950. The van der Waals surface area contributed by atoms with E-state index in [0.29, 0.717) is 18.2 Å². The van der Waals surface area contributed by atoms with Gasteiger partial charge in [-0.05, 0) is 56.7 Å². The van der Waals surface area contributed by atoms with Gasteiger partial charge in [0, 0.05) is 25.7 Å². The number of rotatable bonds is 5. The summed E-state index contributed by atoms with van der Waals surface area (Å²) in [7, 11) is 1.91. The topological polar surface area (TPSA) is 56.6 Å². The van der Waals surface area contributed by atoms with Crippen molar-refractivity contribution in [2.24, 2.45) is 0 Å². The predicted molar refractivity (Wildman–Crippen MR) is 109 cm³/mol. The summed E-state index contributed by atoms with van der Waals surface area (Å²) < 4.78 is 41.7. The Balaban J connectivity index is 1.48. The molecule has 30 heavy (non-hydrogen) atoms. The van der Waals surface area contributed by atoms with Gasteiger partial charge in [-0.3, -0.25) is 4.57 Å². The highest BCUT2D eigenvalue weighted by molar-refractivity contribution is 5.44. The number of anilines is 1. The van der Waals surface area contributed by atoms with Gasteiger partial charge >= 0.3 is 5.69 Å². The number of benzene rings is 1. The summed E-state index contributed by atoms with van der Waals surface area (Å²) in [5.74, 6) is -0.961. The largest absolute Gasteiger partial charge is 0.484 e. The second-order valence-electron chi connectivity index (χ2n) is 8.19. The van der Waals surface area contributed by atoms with E-state index >= 15 is 0 Å². The molecule has 0 radical (unpaired) electrons. The number of hydrogen-bond donors (Lipinski definition) is 0. The summed E-state index contributed by atoms with van der Waals surface area (Å²) in [6.45, 7) is 2.58. The highest BCUT2D eigenvalue weighted by Crippen LogP contribution is 2.29. The molecule has 2 heterocycles. The first-order chi connectivity index (χ1) is 14.4. The van der Waals surface area contributed by atoms with E-state index < -0.39 is 17.3 Å². The fourth-order valence-electron chi connectivity index (χ4n) is 4.10. The van der Waals surface area contributed by atoms with Crippen LogP contribution in [0.3, 0.4) is 0 Å². The number of ether oxygens (including phenoxy) is 2. The maximum atomic E-state index is 14.5. The standard InChI is InChI=1S/C22H27F2N3O3/c1-14-8-9-27-20(26(14)2)12-19(25-22(27)28)29-13-15-10-17(23)21(18(24)11-15)30-16-6-4-3-5-7-16/h10-12,14,16H,3-9,13H2,1-2H3/t14-/m1/s1. The van der Waals surface area contributed by atoms with Crippen molar-refractivity contribution in [3.63, 3.8) is 0 Å². The molecule has 0 N–H and O–H groups in total. The van der Waals surface area contributed by atoms with Gasteiger partial charge in [0.05, 0.1) is 6.10 Å². The number of nitrogens with zero attached hydrogens (tertiary/aromatic N) is 3. The van der Waals surface area contributed by atoms with E-state index in [-0.39, 0.29) is 24.3 Å². The van der Waals surface area contributed by atoms with Gasteiger partial charge < -0.3 is 14.4 Å². The number of fused-ring (bicyclic) bond motifs is 1. The average Bonchev–Trinajstić information content (AvgIpc) is 2.73. The fourth-order valence-corrected chi connectivity index (χ4v) is 4.10. The number of halogens is 2. The third-order valence-corrected chi connectivity index (χ3v) is 6.04. The SMILES string of the molecule is C[C@@H]1CCn2c(cc(OCc3cc(F)c(OC4CCCCC4)c(F)c3)nc2=O)N1C. The van der Waals surface area contributed by atoms with Gasteiger partial charge in [0.2, 0.25) is 5.88 Å². The van der Waals surface area contributed by atoms with E-state index in [2.05, 4.69) is 11.9 Å². The van der Waals surface area contributed by atoms with Crippen molar-refractivity contribution >= 4 is 5.82 Å². The zero-order valence-electron chi connectivity index (χ0n) is 17.4. The maximum absolute atomic E-state index is 14.5. The van der Waals surface area contributed by atoms with Crippen molar-refractivity contribution in [1.82, 2.24) is 9.55 Å². The molecule has 1 aliphatic heterocycles. The first kappa shape index (κ1) is 20.6.